The molecule has 2 N–H and O–H groups in total. The molecule has 0 saturated carbocycles. The Bertz CT molecular complexity index is 653. The van der Waals surface area contributed by atoms with E-state index in [1.54, 1.807) is 17.0 Å². The molecule has 0 aliphatic rings. The van der Waals surface area contributed by atoms with Crippen LogP contribution in [0.5, 0.6) is 0 Å². The number of anilines is 1. The topological polar surface area (TPSA) is 46.3 Å². The van der Waals surface area contributed by atoms with E-state index >= 15 is 0 Å². The second-order valence-electron chi connectivity index (χ2n) is 5.32. The molecule has 0 saturated heterocycles. The fourth-order valence-corrected chi connectivity index (χ4v) is 3.40. The van der Waals surface area contributed by atoms with Gasteiger partial charge in [0.2, 0.25) is 0 Å². The van der Waals surface area contributed by atoms with Gasteiger partial charge >= 0.3 is 0 Å². The molecule has 1 amide bonds. The van der Waals surface area contributed by atoms with Crippen molar-refractivity contribution < 1.29 is 9.18 Å². The maximum absolute atomic E-state index is 13.9. The summed E-state index contributed by atoms with van der Waals surface area (Å²) in [5, 5.41) is 0.366. The van der Waals surface area contributed by atoms with Crippen LogP contribution in [0.3, 0.4) is 0 Å². The Labute approximate surface area is 128 Å². The van der Waals surface area contributed by atoms with E-state index in [1.807, 2.05) is 6.92 Å². The lowest BCUT2D eigenvalue weighted by Gasteiger charge is -2.23. The summed E-state index contributed by atoms with van der Waals surface area (Å²) in [6.07, 6.45) is 1.01. The van der Waals surface area contributed by atoms with Gasteiger partial charge in [0.15, 0.2) is 0 Å². The zero-order valence-electron chi connectivity index (χ0n) is 12.6. The summed E-state index contributed by atoms with van der Waals surface area (Å²) < 4.78 is 14.6. The lowest BCUT2D eigenvalue weighted by Crippen LogP contribution is -2.34. The van der Waals surface area contributed by atoms with Crippen LogP contribution in [-0.2, 0) is 0 Å². The van der Waals surface area contributed by atoms with Crippen molar-refractivity contribution in [3.63, 3.8) is 0 Å². The molecule has 3 nitrogen and oxygen atoms in total. The van der Waals surface area contributed by atoms with Crippen LogP contribution in [0.25, 0.3) is 10.1 Å². The molecule has 21 heavy (non-hydrogen) atoms. The van der Waals surface area contributed by atoms with Crippen LogP contribution >= 0.6 is 11.3 Å². The standard InChI is InChI=1S/C16H21FN2OS/c1-4-10(3)9-19(5-2)16(20)15-14(18)13-11(17)7-6-8-12(13)21-15/h6-8,10H,4-5,9,18H2,1-3H3. The number of rotatable bonds is 5. The van der Waals surface area contributed by atoms with E-state index in [-0.39, 0.29) is 17.4 Å². The molecule has 114 valence electrons. The molecule has 0 aliphatic carbocycles. The number of nitrogens with zero attached hydrogens (tertiary/aromatic N) is 1. The van der Waals surface area contributed by atoms with Gasteiger partial charge in [-0.3, -0.25) is 4.79 Å². The van der Waals surface area contributed by atoms with E-state index in [9.17, 15) is 9.18 Å². The third-order valence-electron chi connectivity index (χ3n) is 3.79. The lowest BCUT2D eigenvalue weighted by molar-refractivity contribution is 0.0747. The molecule has 1 aromatic heterocycles. The number of hydrogen-bond acceptors (Lipinski definition) is 3. The summed E-state index contributed by atoms with van der Waals surface area (Å²) in [6, 6.07) is 4.80. The molecule has 0 bridgehead atoms. The fraction of sp³-hybridized carbons (Fsp3) is 0.438. The van der Waals surface area contributed by atoms with Crippen molar-refractivity contribution in [2.24, 2.45) is 5.92 Å². The Morgan fingerprint density at radius 1 is 1.43 bits per heavy atom. The monoisotopic (exact) mass is 308 g/mol. The first-order chi connectivity index (χ1) is 9.99. The van der Waals surface area contributed by atoms with Crippen LogP contribution in [0.4, 0.5) is 10.1 Å². The molecule has 2 aromatic rings. The van der Waals surface area contributed by atoms with Gasteiger partial charge in [-0.15, -0.1) is 11.3 Å². The molecule has 0 radical (unpaired) electrons. The molecule has 5 heteroatoms. The van der Waals surface area contributed by atoms with Gasteiger partial charge in [0.25, 0.3) is 5.91 Å². The van der Waals surface area contributed by atoms with E-state index in [0.29, 0.717) is 29.3 Å². The van der Waals surface area contributed by atoms with Gasteiger partial charge in [0.05, 0.1) is 11.1 Å². The summed E-state index contributed by atoms with van der Waals surface area (Å²) in [6.45, 7) is 7.49. The second kappa shape index (κ2) is 6.43. The van der Waals surface area contributed by atoms with Crippen LogP contribution in [0, 0.1) is 11.7 Å². The minimum absolute atomic E-state index is 0.101. The minimum Gasteiger partial charge on any atom is -0.397 e. The second-order valence-corrected chi connectivity index (χ2v) is 6.37. The molecule has 1 atom stereocenters. The van der Waals surface area contributed by atoms with E-state index in [0.717, 1.165) is 11.1 Å². The largest absolute Gasteiger partial charge is 0.397 e. The van der Waals surface area contributed by atoms with Crippen molar-refractivity contribution in [3.8, 4) is 0 Å². The van der Waals surface area contributed by atoms with Gasteiger partial charge in [-0.25, -0.2) is 4.39 Å². The number of nitrogen functional groups attached to an aromatic ring is 1. The predicted octanol–water partition coefficient (Wildman–Crippen LogP) is 4.13. The Balaban J connectivity index is 2.38. The maximum Gasteiger partial charge on any atom is 0.266 e. The molecule has 1 aromatic carbocycles. The zero-order chi connectivity index (χ0) is 15.6. The third kappa shape index (κ3) is 3.02. The van der Waals surface area contributed by atoms with Crippen LogP contribution in [0.2, 0.25) is 0 Å². The number of benzene rings is 1. The average Bonchev–Trinajstić information content (AvgIpc) is 2.82. The Kier molecular flexibility index (Phi) is 4.83. The van der Waals surface area contributed by atoms with Gasteiger partial charge in [0.1, 0.15) is 10.7 Å². The van der Waals surface area contributed by atoms with E-state index in [4.69, 9.17) is 5.73 Å². The van der Waals surface area contributed by atoms with E-state index in [2.05, 4.69) is 13.8 Å². The molecule has 0 fully saturated rings. The smallest absolute Gasteiger partial charge is 0.266 e. The van der Waals surface area contributed by atoms with Crippen LogP contribution in [-0.4, -0.2) is 23.9 Å². The zero-order valence-corrected chi connectivity index (χ0v) is 13.5. The molecular weight excluding hydrogens is 287 g/mol. The number of amides is 1. The van der Waals surface area contributed by atoms with Gasteiger partial charge in [-0.2, -0.15) is 0 Å². The number of thiophene rings is 1. The quantitative estimate of drug-likeness (QED) is 0.902. The SMILES string of the molecule is CCC(C)CN(CC)C(=O)c1sc2cccc(F)c2c1N. The lowest BCUT2D eigenvalue weighted by atomic mass is 10.1. The van der Waals surface area contributed by atoms with Gasteiger partial charge in [-0.05, 0) is 25.0 Å². The average molecular weight is 308 g/mol. The van der Waals surface area contributed by atoms with Crippen molar-refractivity contribution >= 4 is 33.0 Å². The van der Waals surface area contributed by atoms with Gasteiger partial charge < -0.3 is 10.6 Å². The maximum atomic E-state index is 13.9. The molecule has 0 spiro atoms. The number of carbonyl (C=O) groups excluding carboxylic acids is 1. The Morgan fingerprint density at radius 3 is 2.71 bits per heavy atom. The molecule has 1 unspecified atom stereocenters. The van der Waals surface area contributed by atoms with Crippen LogP contribution in [0.15, 0.2) is 18.2 Å². The van der Waals surface area contributed by atoms with E-state index in [1.165, 1.54) is 17.4 Å². The normalized spacial score (nSPS) is 12.6. The van der Waals surface area contributed by atoms with Crippen molar-refractivity contribution in [1.29, 1.82) is 0 Å². The number of halogens is 1. The summed E-state index contributed by atoms with van der Waals surface area (Å²) in [4.78, 5) is 14.9. The molecule has 0 aliphatic heterocycles. The number of hydrogen-bond donors (Lipinski definition) is 1. The first-order valence-electron chi connectivity index (χ1n) is 7.25. The van der Waals surface area contributed by atoms with Crippen molar-refractivity contribution in [2.75, 3.05) is 18.8 Å². The minimum atomic E-state index is -0.370. The van der Waals surface area contributed by atoms with Crippen LogP contribution < -0.4 is 5.73 Å². The summed E-state index contributed by atoms with van der Waals surface area (Å²) in [5.74, 6) is -0.0394. The summed E-state index contributed by atoms with van der Waals surface area (Å²) >= 11 is 1.27. The highest BCUT2D eigenvalue weighted by molar-refractivity contribution is 7.21. The molecule has 2 rings (SSSR count). The van der Waals surface area contributed by atoms with Crippen molar-refractivity contribution in [3.05, 3.63) is 28.9 Å². The Hall–Kier alpha value is -1.62. The predicted molar refractivity (Wildman–Crippen MR) is 87.2 cm³/mol. The van der Waals surface area contributed by atoms with Gasteiger partial charge in [0, 0.05) is 17.8 Å². The van der Waals surface area contributed by atoms with Crippen molar-refractivity contribution in [2.45, 2.75) is 27.2 Å². The van der Waals surface area contributed by atoms with Gasteiger partial charge in [-0.1, -0.05) is 26.3 Å². The number of nitrogens with two attached hydrogens (primary N) is 1. The highest BCUT2D eigenvalue weighted by Crippen LogP contribution is 2.36. The highest BCUT2D eigenvalue weighted by atomic mass is 32.1. The first-order valence-corrected chi connectivity index (χ1v) is 8.06. The molecule has 1 heterocycles. The summed E-state index contributed by atoms with van der Waals surface area (Å²) in [7, 11) is 0. The first kappa shape index (κ1) is 15.8. The number of fused-ring (bicyclic) bond motifs is 1. The van der Waals surface area contributed by atoms with Crippen molar-refractivity contribution in [1.82, 2.24) is 4.90 Å². The highest BCUT2D eigenvalue weighted by Gasteiger charge is 2.23. The third-order valence-corrected chi connectivity index (χ3v) is 4.95. The Morgan fingerprint density at radius 2 is 2.14 bits per heavy atom. The number of carbonyl (C=O) groups is 1. The fourth-order valence-electron chi connectivity index (χ4n) is 2.29. The van der Waals surface area contributed by atoms with Crippen LogP contribution in [0.1, 0.15) is 36.9 Å². The van der Waals surface area contributed by atoms with E-state index < -0.39 is 0 Å². The molecular formula is C16H21FN2OS. The summed E-state index contributed by atoms with van der Waals surface area (Å²) in [5.41, 5.74) is 6.28.